The predicted molar refractivity (Wildman–Crippen MR) is 135 cm³/mol. The maximum Gasteiger partial charge on any atom is 0.203 e. The Morgan fingerprint density at radius 2 is 1.31 bits per heavy atom. The van der Waals surface area contributed by atoms with Crippen molar-refractivity contribution in [2.45, 2.75) is 90.9 Å². The van der Waals surface area contributed by atoms with E-state index in [4.69, 9.17) is 14.2 Å². The topological polar surface area (TPSA) is 27.7 Å². The summed E-state index contributed by atoms with van der Waals surface area (Å²) in [4.78, 5) is 0. The molecule has 0 spiro atoms. The number of hydrogen-bond donors (Lipinski definition) is 0. The minimum Gasteiger partial charge on any atom is -0.492 e. The minimum absolute atomic E-state index is 0.731. The molecule has 1 aliphatic carbocycles. The van der Waals surface area contributed by atoms with E-state index < -0.39 is 0 Å². The number of benzene rings is 2. The molecule has 0 aliphatic heterocycles. The molecule has 2 aromatic carbocycles. The fourth-order valence-electron chi connectivity index (χ4n) is 5.33. The van der Waals surface area contributed by atoms with Gasteiger partial charge >= 0.3 is 0 Å². The number of methoxy groups -OCH3 is 3. The maximum atomic E-state index is 5.89. The Kier molecular flexibility index (Phi) is 9.32. The summed E-state index contributed by atoms with van der Waals surface area (Å²) >= 11 is 0. The first-order valence-electron chi connectivity index (χ1n) is 12.7. The van der Waals surface area contributed by atoms with E-state index in [-0.39, 0.29) is 0 Å². The lowest BCUT2D eigenvalue weighted by molar-refractivity contribution is 0.321. The van der Waals surface area contributed by atoms with Crippen molar-refractivity contribution >= 4 is 0 Å². The van der Waals surface area contributed by atoms with Crippen LogP contribution >= 0.6 is 0 Å². The largest absolute Gasteiger partial charge is 0.492 e. The molecule has 0 bridgehead atoms. The quantitative estimate of drug-likeness (QED) is 0.239. The van der Waals surface area contributed by atoms with E-state index in [1.165, 1.54) is 84.7 Å². The molecule has 176 valence electrons. The van der Waals surface area contributed by atoms with Gasteiger partial charge in [0.15, 0.2) is 11.5 Å². The lowest BCUT2D eigenvalue weighted by atomic mass is 9.90. The molecule has 1 aliphatic rings. The Morgan fingerprint density at radius 1 is 0.656 bits per heavy atom. The van der Waals surface area contributed by atoms with Crippen molar-refractivity contribution < 1.29 is 14.2 Å². The van der Waals surface area contributed by atoms with Gasteiger partial charge in [0.25, 0.3) is 0 Å². The molecule has 0 fully saturated rings. The van der Waals surface area contributed by atoms with Crippen LogP contribution in [0.1, 0.15) is 93.9 Å². The van der Waals surface area contributed by atoms with Crippen molar-refractivity contribution in [2.24, 2.45) is 0 Å². The SMILES string of the molecule is CCCCCCCCCCc1cccc2c1-c1c(CCC)c(OC)c(OC)c(OC)c1C2. The molecular weight excluding hydrogens is 396 g/mol. The molecule has 32 heavy (non-hydrogen) atoms. The molecule has 0 atom stereocenters. The molecule has 3 nitrogen and oxygen atoms in total. The molecule has 0 amide bonds. The van der Waals surface area contributed by atoms with E-state index in [2.05, 4.69) is 32.0 Å². The second-order valence-electron chi connectivity index (χ2n) is 9.03. The average Bonchev–Trinajstić information content (AvgIpc) is 3.20. The summed E-state index contributed by atoms with van der Waals surface area (Å²) in [6, 6.07) is 6.83. The second-order valence-corrected chi connectivity index (χ2v) is 9.03. The minimum atomic E-state index is 0.731. The summed E-state index contributed by atoms with van der Waals surface area (Å²) in [5, 5.41) is 0. The summed E-state index contributed by atoms with van der Waals surface area (Å²) in [6.45, 7) is 4.51. The predicted octanol–water partition coefficient (Wildman–Crippen LogP) is 7.92. The fourth-order valence-corrected chi connectivity index (χ4v) is 5.33. The first-order chi connectivity index (χ1) is 15.7. The number of ether oxygens (including phenoxy) is 3. The number of unbranched alkanes of at least 4 members (excludes halogenated alkanes) is 7. The van der Waals surface area contributed by atoms with E-state index in [0.29, 0.717) is 0 Å². The van der Waals surface area contributed by atoms with Crippen LogP contribution in [0.5, 0.6) is 17.2 Å². The van der Waals surface area contributed by atoms with Gasteiger partial charge in [0, 0.05) is 17.5 Å². The molecule has 0 saturated heterocycles. The molecule has 2 aromatic rings. The van der Waals surface area contributed by atoms with Crippen LogP contribution in [0, 0.1) is 0 Å². The van der Waals surface area contributed by atoms with Gasteiger partial charge < -0.3 is 14.2 Å². The van der Waals surface area contributed by atoms with E-state index in [0.717, 1.165) is 42.9 Å². The molecule has 0 radical (unpaired) electrons. The van der Waals surface area contributed by atoms with Crippen LogP contribution < -0.4 is 14.2 Å². The van der Waals surface area contributed by atoms with E-state index >= 15 is 0 Å². The summed E-state index contributed by atoms with van der Waals surface area (Å²) in [5.74, 6) is 2.39. The zero-order chi connectivity index (χ0) is 22.9. The first-order valence-corrected chi connectivity index (χ1v) is 12.7. The summed E-state index contributed by atoms with van der Waals surface area (Å²) in [5.41, 5.74) is 8.17. The maximum absolute atomic E-state index is 5.89. The molecule has 3 rings (SSSR count). The van der Waals surface area contributed by atoms with Gasteiger partial charge in [-0.05, 0) is 41.5 Å². The van der Waals surface area contributed by atoms with Crippen LogP contribution in [0.25, 0.3) is 11.1 Å². The Hall–Kier alpha value is -2.16. The zero-order valence-corrected chi connectivity index (χ0v) is 20.9. The standard InChI is InChI=1S/C29H42O3/c1-6-8-9-10-11-12-13-14-17-21-18-15-19-22-20-24-26(25(21)22)23(16-7-2)27(30-3)29(32-5)28(24)31-4/h15,18-19H,6-14,16-17,20H2,1-5H3. The summed E-state index contributed by atoms with van der Waals surface area (Å²) in [7, 11) is 5.19. The van der Waals surface area contributed by atoms with Gasteiger partial charge in [-0.2, -0.15) is 0 Å². The summed E-state index contributed by atoms with van der Waals surface area (Å²) < 4.78 is 17.5. The van der Waals surface area contributed by atoms with Crippen molar-refractivity contribution in [3.63, 3.8) is 0 Å². The van der Waals surface area contributed by atoms with Crippen molar-refractivity contribution in [1.82, 2.24) is 0 Å². The van der Waals surface area contributed by atoms with Gasteiger partial charge in [0.2, 0.25) is 5.75 Å². The Bertz CT molecular complexity index is 885. The van der Waals surface area contributed by atoms with Crippen LogP contribution in [0.2, 0.25) is 0 Å². The lowest BCUT2D eigenvalue weighted by Gasteiger charge is -2.21. The highest BCUT2D eigenvalue weighted by Crippen LogP contribution is 2.54. The van der Waals surface area contributed by atoms with E-state index in [9.17, 15) is 0 Å². The van der Waals surface area contributed by atoms with Gasteiger partial charge in [-0.15, -0.1) is 0 Å². The summed E-state index contributed by atoms with van der Waals surface area (Å²) in [6.07, 6.45) is 14.9. The lowest BCUT2D eigenvalue weighted by Crippen LogP contribution is -2.04. The highest BCUT2D eigenvalue weighted by atomic mass is 16.5. The van der Waals surface area contributed by atoms with Crippen LogP contribution in [0.3, 0.4) is 0 Å². The van der Waals surface area contributed by atoms with E-state index in [1.807, 2.05) is 0 Å². The average molecular weight is 439 g/mol. The molecule has 3 heteroatoms. The molecule has 0 heterocycles. The van der Waals surface area contributed by atoms with Crippen LogP contribution in [-0.2, 0) is 19.3 Å². The van der Waals surface area contributed by atoms with E-state index in [1.54, 1.807) is 21.3 Å². The Balaban J connectivity index is 1.88. The highest BCUT2D eigenvalue weighted by molar-refractivity contribution is 5.88. The first kappa shape index (κ1) is 24.5. The van der Waals surface area contributed by atoms with Gasteiger partial charge in [0.05, 0.1) is 21.3 Å². The normalized spacial score (nSPS) is 11.9. The monoisotopic (exact) mass is 438 g/mol. The van der Waals surface area contributed by atoms with Crippen LogP contribution in [-0.4, -0.2) is 21.3 Å². The smallest absolute Gasteiger partial charge is 0.203 e. The third kappa shape index (κ3) is 5.08. The number of aryl methyl sites for hydroxylation is 1. The number of hydrogen-bond acceptors (Lipinski definition) is 3. The third-order valence-electron chi connectivity index (χ3n) is 6.83. The number of fused-ring (bicyclic) bond motifs is 3. The van der Waals surface area contributed by atoms with Crippen molar-refractivity contribution in [3.05, 3.63) is 40.5 Å². The van der Waals surface area contributed by atoms with Gasteiger partial charge in [-0.3, -0.25) is 0 Å². The molecule has 0 unspecified atom stereocenters. The van der Waals surface area contributed by atoms with Crippen molar-refractivity contribution in [1.29, 1.82) is 0 Å². The Labute approximate surface area is 195 Å². The third-order valence-corrected chi connectivity index (χ3v) is 6.83. The number of rotatable bonds is 14. The van der Waals surface area contributed by atoms with Gasteiger partial charge in [-0.25, -0.2) is 0 Å². The van der Waals surface area contributed by atoms with Crippen LogP contribution in [0.4, 0.5) is 0 Å². The van der Waals surface area contributed by atoms with Gasteiger partial charge in [0.1, 0.15) is 0 Å². The molecule has 0 aromatic heterocycles. The van der Waals surface area contributed by atoms with Crippen molar-refractivity contribution in [3.8, 4) is 28.4 Å². The Morgan fingerprint density at radius 3 is 1.94 bits per heavy atom. The molecular formula is C29H42O3. The highest BCUT2D eigenvalue weighted by Gasteiger charge is 2.32. The molecule has 0 saturated carbocycles. The molecule has 0 N–H and O–H groups in total. The van der Waals surface area contributed by atoms with Crippen LogP contribution in [0.15, 0.2) is 18.2 Å². The zero-order valence-electron chi connectivity index (χ0n) is 20.9. The second kappa shape index (κ2) is 12.2. The van der Waals surface area contributed by atoms with Crippen molar-refractivity contribution in [2.75, 3.05) is 21.3 Å². The fraction of sp³-hybridized carbons (Fsp3) is 0.586. The van der Waals surface area contributed by atoms with Gasteiger partial charge in [-0.1, -0.05) is 83.4 Å².